The monoisotopic (exact) mass is 373 g/mol. The summed E-state index contributed by atoms with van der Waals surface area (Å²) in [7, 11) is 0. The smallest absolute Gasteiger partial charge is 0.335 e. The van der Waals surface area contributed by atoms with Gasteiger partial charge in [0.15, 0.2) is 0 Å². The second-order valence-electron chi connectivity index (χ2n) is 6.01. The number of carboxylic acid groups (broad SMARTS) is 1. The summed E-state index contributed by atoms with van der Waals surface area (Å²) < 4.78 is 19.1. The van der Waals surface area contributed by atoms with Crippen molar-refractivity contribution in [3.05, 3.63) is 101 Å². The summed E-state index contributed by atoms with van der Waals surface area (Å²) >= 11 is 0. The van der Waals surface area contributed by atoms with Crippen molar-refractivity contribution in [2.75, 3.05) is 0 Å². The van der Waals surface area contributed by atoms with Crippen LogP contribution in [0.25, 0.3) is 11.6 Å². The van der Waals surface area contributed by atoms with Gasteiger partial charge in [-0.2, -0.15) is 5.26 Å². The van der Waals surface area contributed by atoms with E-state index in [-0.39, 0.29) is 18.0 Å². The Morgan fingerprint density at radius 1 is 1.04 bits per heavy atom. The Labute approximate surface area is 161 Å². The molecule has 0 atom stereocenters. The number of hydrogen-bond acceptors (Lipinski definition) is 3. The van der Waals surface area contributed by atoms with Crippen LogP contribution in [0.4, 0.5) is 4.39 Å². The molecule has 0 unspecified atom stereocenters. The van der Waals surface area contributed by atoms with E-state index in [2.05, 4.69) is 6.07 Å². The highest BCUT2D eigenvalue weighted by Gasteiger charge is 2.08. The number of aromatic carboxylic acids is 1. The maximum atomic E-state index is 13.3. The number of halogens is 1. The molecule has 28 heavy (non-hydrogen) atoms. The maximum Gasteiger partial charge on any atom is 0.335 e. The summed E-state index contributed by atoms with van der Waals surface area (Å²) in [6.45, 7) is 0.192. The Hall–Kier alpha value is -3.91. The lowest BCUT2D eigenvalue weighted by Crippen LogP contribution is -1.98. The zero-order valence-corrected chi connectivity index (χ0v) is 14.8. The van der Waals surface area contributed by atoms with Gasteiger partial charge in [-0.05, 0) is 47.5 Å². The molecule has 0 aliphatic heterocycles. The van der Waals surface area contributed by atoms with Crippen LogP contribution in [0.3, 0.4) is 0 Å². The molecule has 5 heteroatoms. The van der Waals surface area contributed by atoms with Crippen molar-refractivity contribution in [2.45, 2.75) is 6.61 Å². The van der Waals surface area contributed by atoms with Gasteiger partial charge in [0, 0.05) is 5.56 Å². The quantitative estimate of drug-likeness (QED) is 0.478. The highest BCUT2D eigenvalue weighted by Crippen LogP contribution is 2.25. The van der Waals surface area contributed by atoms with Gasteiger partial charge in [0.25, 0.3) is 0 Å². The van der Waals surface area contributed by atoms with Crippen LogP contribution in [0.5, 0.6) is 5.75 Å². The summed E-state index contributed by atoms with van der Waals surface area (Å²) in [5, 5.41) is 18.5. The first-order chi connectivity index (χ1) is 13.6. The highest BCUT2D eigenvalue weighted by molar-refractivity contribution is 5.92. The minimum absolute atomic E-state index is 0.153. The second-order valence-corrected chi connectivity index (χ2v) is 6.01. The first-order valence-corrected chi connectivity index (χ1v) is 8.48. The summed E-state index contributed by atoms with van der Waals surface area (Å²) in [6, 6.07) is 21.6. The molecule has 3 aromatic carbocycles. The number of para-hydroxylation sites is 1. The van der Waals surface area contributed by atoms with E-state index in [9.17, 15) is 14.4 Å². The minimum atomic E-state index is -1.02. The zero-order chi connectivity index (χ0) is 19.9. The zero-order valence-electron chi connectivity index (χ0n) is 14.8. The van der Waals surface area contributed by atoms with E-state index in [4.69, 9.17) is 9.84 Å². The standard InChI is InChI=1S/C23H16FNO3/c24-21-6-3-4-16(12-21)15-28-22-7-2-1-5-19(22)13-20(14-25)17-8-10-18(11-9-17)23(26)27/h1-13H,15H2,(H,26,27)/b20-13-. The Morgan fingerprint density at radius 3 is 2.43 bits per heavy atom. The first-order valence-electron chi connectivity index (χ1n) is 8.48. The molecule has 0 amide bonds. The molecular weight excluding hydrogens is 357 g/mol. The van der Waals surface area contributed by atoms with E-state index >= 15 is 0 Å². The van der Waals surface area contributed by atoms with Crippen molar-refractivity contribution in [1.29, 1.82) is 5.26 Å². The number of allylic oxidation sites excluding steroid dienone is 1. The topological polar surface area (TPSA) is 70.3 Å². The average molecular weight is 373 g/mol. The van der Waals surface area contributed by atoms with E-state index < -0.39 is 5.97 Å². The van der Waals surface area contributed by atoms with Gasteiger partial charge in [0.1, 0.15) is 18.2 Å². The van der Waals surface area contributed by atoms with Gasteiger partial charge in [-0.1, -0.05) is 42.5 Å². The summed E-state index contributed by atoms with van der Waals surface area (Å²) in [5.74, 6) is -0.794. The SMILES string of the molecule is N#C/C(=C/c1ccccc1OCc1cccc(F)c1)c1ccc(C(=O)O)cc1. The number of nitriles is 1. The minimum Gasteiger partial charge on any atom is -0.488 e. The van der Waals surface area contributed by atoms with Crippen LogP contribution in [-0.2, 0) is 6.61 Å². The number of rotatable bonds is 6. The molecule has 3 rings (SSSR count). The molecule has 0 heterocycles. The molecule has 0 aliphatic rings. The largest absolute Gasteiger partial charge is 0.488 e. The van der Waals surface area contributed by atoms with Crippen molar-refractivity contribution >= 4 is 17.6 Å². The summed E-state index contributed by atoms with van der Waals surface area (Å²) in [5.41, 5.74) is 2.52. The Morgan fingerprint density at radius 2 is 1.75 bits per heavy atom. The molecule has 0 saturated carbocycles. The number of hydrogen-bond donors (Lipinski definition) is 1. The summed E-state index contributed by atoms with van der Waals surface area (Å²) in [6.07, 6.45) is 1.68. The van der Waals surface area contributed by atoms with Gasteiger partial charge in [0.05, 0.1) is 17.2 Å². The van der Waals surface area contributed by atoms with E-state index in [1.807, 2.05) is 18.2 Å². The highest BCUT2D eigenvalue weighted by atomic mass is 19.1. The fourth-order valence-electron chi connectivity index (χ4n) is 2.65. The third-order valence-corrected chi connectivity index (χ3v) is 4.07. The van der Waals surface area contributed by atoms with E-state index in [1.54, 1.807) is 36.4 Å². The third-order valence-electron chi connectivity index (χ3n) is 4.07. The van der Waals surface area contributed by atoms with Gasteiger partial charge in [-0.25, -0.2) is 9.18 Å². The van der Waals surface area contributed by atoms with Crippen molar-refractivity contribution in [3.8, 4) is 11.8 Å². The lowest BCUT2D eigenvalue weighted by Gasteiger charge is -2.10. The van der Waals surface area contributed by atoms with E-state index in [0.717, 1.165) is 0 Å². The number of benzene rings is 3. The van der Waals surface area contributed by atoms with Crippen LogP contribution in [0.2, 0.25) is 0 Å². The molecular formula is C23H16FNO3. The fraction of sp³-hybridized carbons (Fsp3) is 0.0435. The van der Waals surface area contributed by atoms with Gasteiger partial charge in [0.2, 0.25) is 0 Å². The Bertz CT molecular complexity index is 1070. The predicted molar refractivity (Wildman–Crippen MR) is 104 cm³/mol. The molecule has 138 valence electrons. The van der Waals surface area contributed by atoms with Gasteiger partial charge >= 0.3 is 5.97 Å². The normalized spacial score (nSPS) is 10.9. The molecule has 4 nitrogen and oxygen atoms in total. The predicted octanol–water partition coefficient (Wildman–Crippen LogP) is 5.17. The van der Waals surface area contributed by atoms with E-state index in [0.29, 0.717) is 28.0 Å². The maximum absolute atomic E-state index is 13.3. The van der Waals surface area contributed by atoms with Crippen LogP contribution < -0.4 is 4.74 Å². The Balaban J connectivity index is 1.86. The number of carbonyl (C=O) groups is 1. The fourth-order valence-corrected chi connectivity index (χ4v) is 2.65. The average Bonchev–Trinajstić information content (AvgIpc) is 2.71. The van der Waals surface area contributed by atoms with Crippen LogP contribution in [0.15, 0.2) is 72.8 Å². The van der Waals surface area contributed by atoms with Crippen molar-refractivity contribution in [3.63, 3.8) is 0 Å². The molecule has 0 bridgehead atoms. The first kappa shape index (κ1) is 18.9. The van der Waals surface area contributed by atoms with Crippen LogP contribution >= 0.6 is 0 Å². The molecule has 0 radical (unpaired) electrons. The summed E-state index contributed by atoms with van der Waals surface area (Å²) in [4.78, 5) is 11.0. The molecule has 0 fully saturated rings. The molecule has 0 aliphatic carbocycles. The van der Waals surface area contributed by atoms with Gasteiger partial charge < -0.3 is 9.84 Å². The lowest BCUT2D eigenvalue weighted by molar-refractivity contribution is 0.0697. The molecule has 0 spiro atoms. The number of carboxylic acids is 1. The van der Waals surface area contributed by atoms with Crippen LogP contribution in [0.1, 0.15) is 27.0 Å². The van der Waals surface area contributed by atoms with Gasteiger partial charge in [-0.3, -0.25) is 0 Å². The lowest BCUT2D eigenvalue weighted by atomic mass is 10.0. The molecule has 3 aromatic rings. The number of nitrogens with zero attached hydrogens (tertiary/aromatic N) is 1. The van der Waals surface area contributed by atoms with Gasteiger partial charge in [-0.15, -0.1) is 0 Å². The van der Waals surface area contributed by atoms with Crippen LogP contribution in [0, 0.1) is 17.1 Å². The molecule has 1 N–H and O–H groups in total. The van der Waals surface area contributed by atoms with Crippen molar-refractivity contribution in [1.82, 2.24) is 0 Å². The van der Waals surface area contributed by atoms with Crippen molar-refractivity contribution in [2.24, 2.45) is 0 Å². The van der Waals surface area contributed by atoms with E-state index in [1.165, 1.54) is 24.3 Å². The van der Waals surface area contributed by atoms with Crippen LogP contribution in [-0.4, -0.2) is 11.1 Å². The third kappa shape index (κ3) is 4.63. The Kier molecular flexibility index (Phi) is 5.83. The molecule has 0 aromatic heterocycles. The molecule has 0 saturated heterocycles. The number of ether oxygens (including phenoxy) is 1. The second kappa shape index (κ2) is 8.65. The van der Waals surface area contributed by atoms with Crippen molar-refractivity contribution < 1.29 is 19.0 Å².